The lowest BCUT2D eigenvalue weighted by molar-refractivity contribution is 0.0533. The molecule has 0 aliphatic carbocycles. The summed E-state index contributed by atoms with van der Waals surface area (Å²) in [6.45, 7) is 4.27. The Hall–Kier alpha value is -3.26. The van der Waals surface area contributed by atoms with Crippen LogP contribution >= 0.6 is 11.3 Å². The molecule has 0 saturated carbocycles. The van der Waals surface area contributed by atoms with E-state index >= 15 is 0 Å². The molecule has 0 atom stereocenters. The molecular weight excluding hydrogens is 417 g/mol. The van der Waals surface area contributed by atoms with Crippen LogP contribution in [-0.2, 0) is 0 Å². The molecule has 1 aliphatic heterocycles. The van der Waals surface area contributed by atoms with Crippen LogP contribution in [0.25, 0.3) is 10.6 Å². The fourth-order valence-electron chi connectivity index (χ4n) is 3.41. The van der Waals surface area contributed by atoms with E-state index in [-0.39, 0.29) is 17.6 Å². The van der Waals surface area contributed by atoms with E-state index in [4.69, 9.17) is 4.74 Å². The van der Waals surface area contributed by atoms with Gasteiger partial charge in [0.2, 0.25) is 0 Å². The average Bonchev–Trinajstić information content (AvgIpc) is 3.30. The summed E-state index contributed by atoms with van der Waals surface area (Å²) in [6, 6.07) is 13.1. The quantitative estimate of drug-likeness (QED) is 0.604. The third-order valence-electron chi connectivity index (χ3n) is 5.08. The summed E-state index contributed by atoms with van der Waals surface area (Å²) in [7, 11) is 0. The molecule has 2 heterocycles. The highest BCUT2D eigenvalue weighted by molar-refractivity contribution is 7.13. The molecule has 3 aromatic rings. The molecule has 1 aromatic heterocycles. The van der Waals surface area contributed by atoms with Gasteiger partial charge in [0.15, 0.2) is 0 Å². The van der Waals surface area contributed by atoms with Gasteiger partial charge >= 0.3 is 0 Å². The van der Waals surface area contributed by atoms with Crippen LogP contribution in [0.15, 0.2) is 53.9 Å². The highest BCUT2D eigenvalue weighted by atomic mass is 32.1. The molecule has 0 bridgehead atoms. The summed E-state index contributed by atoms with van der Waals surface area (Å²) in [5, 5.41) is 2.54. The van der Waals surface area contributed by atoms with Crippen molar-refractivity contribution in [1.82, 2.24) is 14.8 Å². The maximum Gasteiger partial charge on any atom is 0.273 e. The summed E-state index contributed by atoms with van der Waals surface area (Å²) in [5.74, 6) is 0.132. The molecule has 1 aliphatic rings. The van der Waals surface area contributed by atoms with Crippen molar-refractivity contribution in [3.63, 3.8) is 0 Å². The van der Waals surface area contributed by atoms with Crippen LogP contribution in [0.5, 0.6) is 5.75 Å². The normalized spacial score (nSPS) is 13.9. The van der Waals surface area contributed by atoms with Crippen LogP contribution in [0, 0.1) is 5.82 Å². The van der Waals surface area contributed by atoms with Gasteiger partial charge in [-0.15, -0.1) is 11.3 Å². The molecule has 2 amide bonds. The fraction of sp³-hybridized carbons (Fsp3) is 0.261. The highest BCUT2D eigenvalue weighted by Gasteiger charge is 2.26. The second-order valence-corrected chi connectivity index (χ2v) is 7.94. The highest BCUT2D eigenvalue weighted by Crippen LogP contribution is 2.26. The first-order valence-corrected chi connectivity index (χ1v) is 11.0. The van der Waals surface area contributed by atoms with E-state index < -0.39 is 0 Å². The molecule has 0 unspecified atom stereocenters. The third-order valence-corrected chi connectivity index (χ3v) is 5.97. The second-order valence-electron chi connectivity index (χ2n) is 7.09. The summed E-state index contributed by atoms with van der Waals surface area (Å²) in [5.41, 5.74) is 1.79. The Morgan fingerprint density at radius 1 is 0.968 bits per heavy atom. The molecule has 4 rings (SSSR count). The Bertz CT molecular complexity index is 1060. The van der Waals surface area contributed by atoms with Gasteiger partial charge in [-0.1, -0.05) is 0 Å². The van der Waals surface area contributed by atoms with Crippen LogP contribution in [0.2, 0.25) is 0 Å². The predicted octanol–water partition coefficient (Wildman–Crippen LogP) is 3.95. The van der Waals surface area contributed by atoms with Gasteiger partial charge in [-0.3, -0.25) is 9.59 Å². The average molecular weight is 440 g/mol. The number of nitrogens with zero attached hydrogens (tertiary/aromatic N) is 3. The predicted molar refractivity (Wildman–Crippen MR) is 117 cm³/mol. The van der Waals surface area contributed by atoms with Crippen LogP contribution in [0.1, 0.15) is 27.8 Å². The van der Waals surface area contributed by atoms with Gasteiger partial charge in [0.05, 0.1) is 6.61 Å². The number of ether oxygens (including phenoxy) is 1. The molecule has 2 aromatic carbocycles. The minimum absolute atomic E-state index is 0.137. The Morgan fingerprint density at radius 2 is 1.58 bits per heavy atom. The number of halogens is 1. The molecule has 6 nitrogen and oxygen atoms in total. The summed E-state index contributed by atoms with van der Waals surface area (Å²) in [4.78, 5) is 33.3. The van der Waals surface area contributed by atoms with E-state index in [0.29, 0.717) is 44.0 Å². The standard InChI is InChI=1S/C23H22FN3O3S/c1-2-30-19-9-5-16(6-10-19)21-25-20(15-31-21)23(29)27-13-11-26(12-14-27)22(28)17-3-7-18(24)8-4-17/h3-10,15H,2,11-14H2,1H3. The van der Waals surface area contributed by atoms with Gasteiger partial charge in [0, 0.05) is 42.7 Å². The smallest absolute Gasteiger partial charge is 0.273 e. The van der Waals surface area contributed by atoms with E-state index in [9.17, 15) is 14.0 Å². The lowest BCUT2D eigenvalue weighted by Crippen LogP contribution is -2.50. The molecule has 8 heteroatoms. The number of carbonyl (C=O) groups is 2. The minimum Gasteiger partial charge on any atom is -0.494 e. The van der Waals surface area contributed by atoms with E-state index in [1.165, 1.54) is 35.6 Å². The molecule has 1 fully saturated rings. The van der Waals surface area contributed by atoms with Gasteiger partial charge in [-0.2, -0.15) is 0 Å². The summed E-state index contributed by atoms with van der Waals surface area (Å²) in [6.07, 6.45) is 0. The monoisotopic (exact) mass is 439 g/mol. The SMILES string of the molecule is CCOc1ccc(-c2nc(C(=O)N3CCN(C(=O)c4ccc(F)cc4)CC3)cs2)cc1. The van der Waals surface area contributed by atoms with Crippen LogP contribution < -0.4 is 4.74 Å². The first kappa shape index (κ1) is 21.0. The number of benzene rings is 2. The molecule has 0 radical (unpaired) electrons. The Labute approximate surface area is 183 Å². The van der Waals surface area contributed by atoms with Crippen molar-refractivity contribution in [3.8, 4) is 16.3 Å². The zero-order chi connectivity index (χ0) is 21.8. The van der Waals surface area contributed by atoms with Crippen molar-refractivity contribution >= 4 is 23.2 Å². The summed E-state index contributed by atoms with van der Waals surface area (Å²) < 4.78 is 18.5. The van der Waals surface area contributed by atoms with Gasteiger partial charge in [0.1, 0.15) is 22.3 Å². The maximum atomic E-state index is 13.1. The van der Waals surface area contributed by atoms with Gasteiger partial charge < -0.3 is 14.5 Å². The molecule has 31 heavy (non-hydrogen) atoms. The number of rotatable bonds is 5. The van der Waals surface area contributed by atoms with Crippen LogP contribution in [0.4, 0.5) is 4.39 Å². The van der Waals surface area contributed by atoms with E-state index in [1.54, 1.807) is 15.2 Å². The molecule has 160 valence electrons. The van der Waals surface area contributed by atoms with Crippen molar-refractivity contribution in [2.75, 3.05) is 32.8 Å². The van der Waals surface area contributed by atoms with Crippen LogP contribution in [0.3, 0.4) is 0 Å². The van der Waals surface area contributed by atoms with Crippen LogP contribution in [-0.4, -0.2) is 59.4 Å². The van der Waals surface area contributed by atoms with E-state index in [1.807, 2.05) is 31.2 Å². The Kier molecular flexibility index (Phi) is 6.27. The van der Waals surface area contributed by atoms with Crippen molar-refractivity contribution in [3.05, 3.63) is 71.0 Å². The maximum absolute atomic E-state index is 13.1. The fourth-order valence-corrected chi connectivity index (χ4v) is 4.21. The van der Waals surface area contributed by atoms with Gasteiger partial charge in [-0.25, -0.2) is 9.37 Å². The molecular formula is C23H22FN3O3S. The summed E-state index contributed by atoms with van der Waals surface area (Å²) >= 11 is 1.42. The van der Waals surface area contributed by atoms with Crippen molar-refractivity contribution in [2.24, 2.45) is 0 Å². The van der Waals surface area contributed by atoms with Crippen molar-refractivity contribution in [1.29, 1.82) is 0 Å². The Morgan fingerprint density at radius 3 is 2.19 bits per heavy atom. The largest absolute Gasteiger partial charge is 0.494 e. The van der Waals surface area contributed by atoms with Gasteiger partial charge in [-0.05, 0) is 55.5 Å². The number of amides is 2. The van der Waals surface area contributed by atoms with E-state index in [0.717, 1.165) is 16.3 Å². The zero-order valence-electron chi connectivity index (χ0n) is 17.1. The van der Waals surface area contributed by atoms with Crippen molar-refractivity contribution < 1.29 is 18.7 Å². The molecule has 0 spiro atoms. The second kappa shape index (κ2) is 9.26. The minimum atomic E-state index is -0.375. The number of hydrogen-bond acceptors (Lipinski definition) is 5. The topological polar surface area (TPSA) is 62.7 Å². The number of hydrogen-bond donors (Lipinski definition) is 0. The lowest BCUT2D eigenvalue weighted by Gasteiger charge is -2.34. The first-order valence-electron chi connectivity index (χ1n) is 10.1. The molecule has 1 saturated heterocycles. The number of aromatic nitrogens is 1. The third kappa shape index (κ3) is 4.74. The van der Waals surface area contributed by atoms with Crippen molar-refractivity contribution in [2.45, 2.75) is 6.92 Å². The molecule has 0 N–H and O–H groups in total. The Balaban J connectivity index is 1.36. The number of piperazine rings is 1. The first-order chi connectivity index (χ1) is 15.0. The number of thiazole rings is 1. The lowest BCUT2D eigenvalue weighted by atomic mass is 10.1. The van der Waals surface area contributed by atoms with E-state index in [2.05, 4.69) is 4.98 Å². The number of carbonyl (C=O) groups excluding carboxylic acids is 2. The van der Waals surface area contributed by atoms with Gasteiger partial charge in [0.25, 0.3) is 11.8 Å². The zero-order valence-corrected chi connectivity index (χ0v) is 17.9.